The number of aromatic nitrogens is 1. The van der Waals surface area contributed by atoms with Crippen LogP contribution in [0.15, 0.2) is 42.7 Å². The summed E-state index contributed by atoms with van der Waals surface area (Å²) in [5.41, 5.74) is 6.28. The molecule has 7 heteroatoms. The number of carbonyl (C=O) groups excluding carboxylic acids is 1. The van der Waals surface area contributed by atoms with Gasteiger partial charge < -0.3 is 5.32 Å². The van der Waals surface area contributed by atoms with Crippen LogP contribution in [-0.4, -0.2) is 11.0 Å². The van der Waals surface area contributed by atoms with Gasteiger partial charge in [0, 0.05) is 11.2 Å². The number of nitrogens with zero attached hydrogens (tertiary/aromatic N) is 1. The lowest BCUT2D eigenvalue weighted by molar-refractivity contribution is 0.254. The zero-order valence-corrected chi connectivity index (χ0v) is 11.2. The number of carbonyl (C=O) groups is 1. The first-order valence-corrected chi connectivity index (χ1v) is 6.09. The van der Waals surface area contributed by atoms with Crippen LogP contribution in [0.2, 0.25) is 10.0 Å². The van der Waals surface area contributed by atoms with Crippen LogP contribution in [-0.2, 0) is 0 Å². The number of hydrogen-bond acceptors (Lipinski definition) is 3. The van der Waals surface area contributed by atoms with Crippen LogP contribution < -0.4 is 16.2 Å². The number of anilines is 2. The van der Waals surface area contributed by atoms with Gasteiger partial charge >= 0.3 is 6.03 Å². The first kappa shape index (κ1) is 13.5. The van der Waals surface area contributed by atoms with Gasteiger partial charge in [0.25, 0.3) is 0 Å². The molecule has 0 bridgehead atoms. The number of rotatable bonds is 3. The predicted molar refractivity (Wildman–Crippen MR) is 76.5 cm³/mol. The highest BCUT2D eigenvalue weighted by Crippen LogP contribution is 2.24. The number of pyridine rings is 1. The Morgan fingerprint density at radius 2 is 2.05 bits per heavy atom. The van der Waals surface area contributed by atoms with Crippen molar-refractivity contribution in [2.45, 2.75) is 0 Å². The normalized spacial score (nSPS) is 9.79. The number of nitrogens with one attached hydrogen (secondary N) is 3. The molecule has 0 aliphatic carbocycles. The van der Waals surface area contributed by atoms with Gasteiger partial charge in [-0.15, -0.1) is 0 Å². The fourth-order valence-corrected chi connectivity index (χ4v) is 1.77. The zero-order valence-electron chi connectivity index (χ0n) is 9.65. The first-order valence-electron chi connectivity index (χ1n) is 5.33. The Hall–Kier alpha value is -1.98. The third-order valence-corrected chi connectivity index (χ3v) is 2.71. The van der Waals surface area contributed by atoms with E-state index < -0.39 is 6.03 Å². The smallest absolute Gasteiger partial charge is 0.305 e. The molecular weight excluding hydrogens is 287 g/mol. The van der Waals surface area contributed by atoms with E-state index in [9.17, 15) is 4.79 Å². The Morgan fingerprint density at radius 1 is 1.21 bits per heavy atom. The number of hydrazine groups is 1. The van der Waals surface area contributed by atoms with Gasteiger partial charge in [-0.1, -0.05) is 23.2 Å². The van der Waals surface area contributed by atoms with Crippen LogP contribution >= 0.6 is 23.2 Å². The Kier molecular flexibility index (Phi) is 4.43. The molecule has 0 unspecified atom stereocenters. The summed E-state index contributed by atoms with van der Waals surface area (Å²) in [5, 5.41) is 3.53. The van der Waals surface area contributed by atoms with Crippen molar-refractivity contribution in [2.75, 3.05) is 10.7 Å². The number of hydrogen-bond donors (Lipinski definition) is 3. The minimum atomic E-state index is -0.431. The van der Waals surface area contributed by atoms with E-state index in [-0.39, 0.29) is 0 Å². The summed E-state index contributed by atoms with van der Waals surface area (Å²) in [6.45, 7) is 0. The SMILES string of the molecule is O=C(NNc1ccc(Cl)cc1Cl)Nc1cccnc1. The van der Waals surface area contributed by atoms with Crippen molar-refractivity contribution in [3.8, 4) is 0 Å². The van der Waals surface area contributed by atoms with E-state index in [0.29, 0.717) is 21.4 Å². The quantitative estimate of drug-likeness (QED) is 0.759. The van der Waals surface area contributed by atoms with Crippen LogP contribution in [0.3, 0.4) is 0 Å². The molecule has 2 amide bonds. The summed E-state index contributed by atoms with van der Waals surface area (Å²) in [6.07, 6.45) is 3.16. The lowest BCUT2D eigenvalue weighted by Gasteiger charge is -2.11. The van der Waals surface area contributed by atoms with Crippen molar-refractivity contribution in [3.63, 3.8) is 0 Å². The molecule has 1 aromatic carbocycles. The molecule has 98 valence electrons. The number of benzene rings is 1. The maximum Gasteiger partial charge on any atom is 0.337 e. The Bertz CT molecular complexity index is 577. The first-order chi connectivity index (χ1) is 9.15. The molecule has 0 saturated heterocycles. The molecule has 19 heavy (non-hydrogen) atoms. The molecule has 0 fully saturated rings. The van der Waals surface area contributed by atoms with Crippen molar-refractivity contribution in [2.24, 2.45) is 0 Å². The van der Waals surface area contributed by atoms with E-state index in [1.807, 2.05) is 0 Å². The molecule has 5 nitrogen and oxygen atoms in total. The Labute approximate surface area is 119 Å². The molecule has 0 saturated carbocycles. The summed E-state index contributed by atoms with van der Waals surface area (Å²) in [5.74, 6) is 0. The molecule has 0 aliphatic rings. The van der Waals surface area contributed by atoms with Gasteiger partial charge in [-0.25, -0.2) is 4.79 Å². The summed E-state index contributed by atoms with van der Waals surface area (Å²) >= 11 is 11.7. The summed E-state index contributed by atoms with van der Waals surface area (Å²) in [7, 11) is 0. The molecule has 1 aromatic heterocycles. The Morgan fingerprint density at radius 3 is 2.74 bits per heavy atom. The van der Waals surface area contributed by atoms with Gasteiger partial charge in [-0.2, -0.15) is 0 Å². The fourth-order valence-electron chi connectivity index (χ4n) is 1.31. The van der Waals surface area contributed by atoms with E-state index in [4.69, 9.17) is 23.2 Å². The van der Waals surface area contributed by atoms with E-state index in [2.05, 4.69) is 21.2 Å². The number of urea groups is 1. The van der Waals surface area contributed by atoms with Crippen LogP contribution in [0, 0.1) is 0 Å². The standard InChI is InChI=1S/C12H10Cl2N4O/c13-8-3-4-11(10(14)6-8)17-18-12(19)16-9-2-1-5-15-7-9/h1-7,17H,(H2,16,18,19). The molecule has 0 aliphatic heterocycles. The Balaban J connectivity index is 1.90. The molecule has 2 aromatic rings. The minimum Gasteiger partial charge on any atom is -0.305 e. The van der Waals surface area contributed by atoms with Gasteiger partial charge in [0.05, 0.1) is 22.6 Å². The summed E-state index contributed by atoms with van der Waals surface area (Å²) in [4.78, 5) is 15.5. The monoisotopic (exact) mass is 296 g/mol. The highest BCUT2D eigenvalue weighted by Gasteiger charge is 2.03. The average molecular weight is 297 g/mol. The molecule has 0 radical (unpaired) electrons. The zero-order chi connectivity index (χ0) is 13.7. The minimum absolute atomic E-state index is 0.411. The maximum absolute atomic E-state index is 11.6. The van der Waals surface area contributed by atoms with E-state index >= 15 is 0 Å². The van der Waals surface area contributed by atoms with Crippen LogP contribution in [0.5, 0.6) is 0 Å². The van der Waals surface area contributed by atoms with Gasteiger partial charge in [0.2, 0.25) is 0 Å². The van der Waals surface area contributed by atoms with E-state index in [1.54, 1.807) is 36.5 Å². The van der Waals surface area contributed by atoms with Gasteiger partial charge in [0.15, 0.2) is 0 Å². The largest absolute Gasteiger partial charge is 0.337 e. The average Bonchev–Trinajstić information content (AvgIpc) is 2.39. The lowest BCUT2D eigenvalue weighted by atomic mass is 10.3. The molecule has 2 rings (SSSR count). The molecule has 1 heterocycles. The van der Waals surface area contributed by atoms with E-state index in [0.717, 1.165) is 0 Å². The second kappa shape index (κ2) is 6.26. The lowest BCUT2D eigenvalue weighted by Crippen LogP contribution is -2.33. The van der Waals surface area contributed by atoms with Gasteiger partial charge in [-0.05, 0) is 30.3 Å². The van der Waals surface area contributed by atoms with Crippen molar-refractivity contribution in [1.82, 2.24) is 10.4 Å². The van der Waals surface area contributed by atoms with Crippen molar-refractivity contribution < 1.29 is 4.79 Å². The van der Waals surface area contributed by atoms with Gasteiger partial charge in [0.1, 0.15) is 0 Å². The highest BCUT2D eigenvalue weighted by atomic mass is 35.5. The second-order valence-corrected chi connectivity index (χ2v) is 4.41. The molecule has 3 N–H and O–H groups in total. The predicted octanol–water partition coefficient (Wildman–Crippen LogP) is 3.54. The third-order valence-electron chi connectivity index (χ3n) is 2.16. The molecular formula is C12H10Cl2N4O. The van der Waals surface area contributed by atoms with Gasteiger partial charge in [-0.3, -0.25) is 15.8 Å². The summed E-state index contributed by atoms with van der Waals surface area (Å²) in [6, 6.07) is 7.91. The number of halogens is 2. The van der Waals surface area contributed by atoms with Crippen molar-refractivity contribution in [1.29, 1.82) is 0 Å². The fraction of sp³-hybridized carbons (Fsp3) is 0. The second-order valence-electron chi connectivity index (χ2n) is 3.57. The third kappa shape index (κ3) is 4.01. The van der Waals surface area contributed by atoms with Crippen molar-refractivity contribution in [3.05, 3.63) is 52.8 Å². The molecule has 0 spiro atoms. The van der Waals surface area contributed by atoms with Crippen LogP contribution in [0.4, 0.5) is 16.2 Å². The van der Waals surface area contributed by atoms with Crippen LogP contribution in [0.25, 0.3) is 0 Å². The maximum atomic E-state index is 11.6. The van der Waals surface area contributed by atoms with Crippen molar-refractivity contribution >= 4 is 40.6 Å². The van der Waals surface area contributed by atoms with Crippen LogP contribution in [0.1, 0.15) is 0 Å². The van der Waals surface area contributed by atoms with E-state index in [1.165, 1.54) is 6.20 Å². The molecule has 0 atom stereocenters. The number of amides is 2. The highest BCUT2D eigenvalue weighted by molar-refractivity contribution is 6.36. The topological polar surface area (TPSA) is 66.1 Å². The summed E-state index contributed by atoms with van der Waals surface area (Å²) < 4.78 is 0.